The van der Waals surface area contributed by atoms with E-state index < -0.39 is 42.5 Å². The van der Waals surface area contributed by atoms with Crippen molar-refractivity contribution in [3.8, 4) is 0 Å². The molecule has 0 spiro atoms. The van der Waals surface area contributed by atoms with E-state index in [9.17, 15) is 24.6 Å². The zero-order valence-corrected chi connectivity index (χ0v) is 17.9. The minimum atomic E-state index is -1.45. The monoisotopic (exact) mass is 450 g/mol. The van der Waals surface area contributed by atoms with Crippen LogP contribution in [0.5, 0.6) is 0 Å². The van der Waals surface area contributed by atoms with E-state index in [0.717, 1.165) is 27.6 Å². The van der Waals surface area contributed by atoms with Crippen molar-refractivity contribution in [1.82, 2.24) is 15.2 Å². The number of benzene rings is 2. The Morgan fingerprint density at radius 3 is 2.55 bits per heavy atom. The van der Waals surface area contributed by atoms with Crippen molar-refractivity contribution in [1.29, 1.82) is 0 Å². The van der Waals surface area contributed by atoms with Gasteiger partial charge in [0.05, 0.1) is 12.6 Å². The number of carboxylic acid groups (broad SMARTS) is 1. The lowest BCUT2D eigenvalue weighted by Crippen LogP contribution is -2.59. The van der Waals surface area contributed by atoms with Gasteiger partial charge in [0.1, 0.15) is 12.1 Å². The molecule has 9 nitrogen and oxygen atoms in total. The summed E-state index contributed by atoms with van der Waals surface area (Å²) in [6.07, 6.45) is 2.33. The molecule has 3 atom stereocenters. The third-order valence-electron chi connectivity index (χ3n) is 6.06. The van der Waals surface area contributed by atoms with Crippen LogP contribution in [0, 0.1) is 0 Å². The van der Waals surface area contributed by atoms with Gasteiger partial charge < -0.3 is 31.1 Å². The first kappa shape index (κ1) is 22.5. The molecule has 0 fully saturated rings. The zero-order valence-electron chi connectivity index (χ0n) is 17.9. The summed E-state index contributed by atoms with van der Waals surface area (Å²) in [5.41, 5.74) is 9.97. The van der Waals surface area contributed by atoms with Gasteiger partial charge in [0.25, 0.3) is 0 Å². The average molecular weight is 450 g/mol. The number of aromatic nitrogens is 1. The van der Waals surface area contributed by atoms with Crippen LogP contribution < -0.4 is 11.1 Å². The van der Waals surface area contributed by atoms with Crippen LogP contribution in [-0.4, -0.2) is 62.6 Å². The molecule has 9 heteroatoms. The molecule has 0 saturated heterocycles. The minimum Gasteiger partial charge on any atom is -0.480 e. The van der Waals surface area contributed by atoms with Crippen molar-refractivity contribution < 1.29 is 24.6 Å². The standard InChI is InChI=1S/C24H26N4O5/c25-18(9-16-11-26-19-8-4-3-7-17(16)19)23(31)28-12-15-6-2-1-5-14(15)10-21(28)22(30)27-20(13-29)24(32)33/h1-8,11,18,20-21,26,29H,9-10,12-13,25H2,(H,27,30)(H,32,33)/t18?,20-,21+/m1/s1. The summed E-state index contributed by atoms with van der Waals surface area (Å²) in [5.74, 6) is -2.39. The fourth-order valence-corrected chi connectivity index (χ4v) is 4.28. The summed E-state index contributed by atoms with van der Waals surface area (Å²) in [4.78, 5) is 42.3. The van der Waals surface area contributed by atoms with Gasteiger partial charge in [0.15, 0.2) is 0 Å². The molecule has 0 bridgehead atoms. The molecule has 0 aliphatic carbocycles. The van der Waals surface area contributed by atoms with Crippen molar-refractivity contribution in [2.45, 2.75) is 37.5 Å². The molecule has 0 radical (unpaired) electrons. The number of aliphatic hydroxyl groups is 1. The van der Waals surface area contributed by atoms with Crippen molar-refractivity contribution in [2.24, 2.45) is 5.73 Å². The lowest BCUT2D eigenvalue weighted by atomic mass is 9.92. The zero-order chi connectivity index (χ0) is 23.5. The highest BCUT2D eigenvalue weighted by molar-refractivity contribution is 5.93. The third kappa shape index (κ3) is 4.59. The number of aliphatic carboxylic acids is 1. The Balaban J connectivity index is 1.58. The lowest BCUT2D eigenvalue weighted by molar-refractivity contribution is -0.146. The fraction of sp³-hybridized carbons (Fsp3) is 0.292. The van der Waals surface area contributed by atoms with Crippen molar-refractivity contribution >= 4 is 28.7 Å². The Hall–Kier alpha value is -3.69. The fourth-order valence-electron chi connectivity index (χ4n) is 4.28. The predicted molar refractivity (Wildman–Crippen MR) is 121 cm³/mol. The molecule has 3 aromatic rings. The quantitative estimate of drug-likeness (QED) is 0.355. The highest BCUT2D eigenvalue weighted by Gasteiger charge is 2.37. The molecule has 1 aliphatic heterocycles. The van der Waals surface area contributed by atoms with E-state index in [1.165, 1.54) is 4.90 Å². The normalized spacial score (nSPS) is 17.3. The Bertz CT molecular complexity index is 1190. The maximum Gasteiger partial charge on any atom is 0.328 e. The molecule has 6 N–H and O–H groups in total. The van der Waals surface area contributed by atoms with E-state index >= 15 is 0 Å². The molecule has 172 valence electrons. The van der Waals surface area contributed by atoms with Gasteiger partial charge in [-0.3, -0.25) is 9.59 Å². The van der Waals surface area contributed by atoms with Crippen molar-refractivity contribution in [2.75, 3.05) is 6.61 Å². The number of para-hydroxylation sites is 1. The highest BCUT2D eigenvalue weighted by Crippen LogP contribution is 2.25. The van der Waals surface area contributed by atoms with Gasteiger partial charge in [-0.05, 0) is 29.2 Å². The van der Waals surface area contributed by atoms with E-state index in [1.54, 1.807) is 0 Å². The van der Waals surface area contributed by atoms with Gasteiger partial charge in [-0.2, -0.15) is 0 Å². The molecular weight excluding hydrogens is 424 g/mol. The number of amides is 2. The Labute approximate surface area is 190 Å². The van der Waals surface area contributed by atoms with Crippen LogP contribution >= 0.6 is 0 Å². The van der Waals surface area contributed by atoms with E-state index in [1.807, 2.05) is 54.7 Å². The van der Waals surface area contributed by atoms with Crippen LogP contribution in [0.1, 0.15) is 16.7 Å². The topological polar surface area (TPSA) is 149 Å². The van der Waals surface area contributed by atoms with Gasteiger partial charge in [-0.1, -0.05) is 42.5 Å². The number of aliphatic hydroxyl groups excluding tert-OH is 1. The average Bonchev–Trinajstić information content (AvgIpc) is 3.23. The first-order chi connectivity index (χ1) is 15.9. The number of aromatic amines is 1. The van der Waals surface area contributed by atoms with E-state index in [0.29, 0.717) is 0 Å². The van der Waals surface area contributed by atoms with Gasteiger partial charge >= 0.3 is 5.97 Å². The van der Waals surface area contributed by atoms with Crippen LogP contribution in [-0.2, 0) is 33.8 Å². The number of carbonyl (C=O) groups excluding carboxylic acids is 2. The maximum atomic E-state index is 13.4. The number of hydrogen-bond acceptors (Lipinski definition) is 5. The van der Waals surface area contributed by atoms with Gasteiger partial charge in [-0.15, -0.1) is 0 Å². The Morgan fingerprint density at radius 2 is 1.82 bits per heavy atom. The van der Waals surface area contributed by atoms with E-state index in [-0.39, 0.29) is 19.4 Å². The second-order valence-electron chi connectivity index (χ2n) is 8.21. The largest absolute Gasteiger partial charge is 0.480 e. The summed E-state index contributed by atoms with van der Waals surface area (Å²) in [6, 6.07) is 11.9. The molecule has 1 unspecified atom stereocenters. The number of nitrogens with two attached hydrogens (primary N) is 1. The third-order valence-corrected chi connectivity index (χ3v) is 6.06. The van der Waals surface area contributed by atoms with Crippen LogP contribution in [0.4, 0.5) is 0 Å². The SMILES string of the molecule is NC(Cc1c[nH]c2ccccc12)C(=O)N1Cc2ccccc2C[C@H]1C(=O)N[C@H](CO)C(=O)O. The molecule has 2 amide bonds. The summed E-state index contributed by atoms with van der Waals surface area (Å²) >= 11 is 0. The number of fused-ring (bicyclic) bond motifs is 2. The van der Waals surface area contributed by atoms with Crippen molar-refractivity contribution in [3.63, 3.8) is 0 Å². The number of hydrogen-bond donors (Lipinski definition) is 5. The molecule has 1 aromatic heterocycles. The van der Waals surface area contributed by atoms with Crippen LogP contribution in [0.25, 0.3) is 10.9 Å². The number of rotatable bonds is 7. The van der Waals surface area contributed by atoms with Crippen LogP contribution in [0.3, 0.4) is 0 Å². The molecule has 2 heterocycles. The van der Waals surface area contributed by atoms with Crippen LogP contribution in [0.2, 0.25) is 0 Å². The minimum absolute atomic E-state index is 0.186. The lowest BCUT2D eigenvalue weighted by Gasteiger charge is -2.37. The summed E-state index contributed by atoms with van der Waals surface area (Å²) in [6.45, 7) is -0.566. The van der Waals surface area contributed by atoms with Crippen LogP contribution in [0.15, 0.2) is 54.7 Å². The smallest absolute Gasteiger partial charge is 0.328 e. The first-order valence-electron chi connectivity index (χ1n) is 10.7. The van der Waals surface area contributed by atoms with Gasteiger partial charge in [0, 0.05) is 30.1 Å². The second kappa shape index (κ2) is 9.43. The molecule has 2 aromatic carbocycles. The number of nitrogens with zero attached hydrogens (tertiary/aromatic N) is 1. The van der Waals surface area contributed by atoms with E-state index in [2.05, 4.69) is 10.3 Å². The van der Waals surface area contributed by atoms with Gasteiger partial charge in [-0.25, -0.2) is 4.79 Å². The number of carbonyl (C=O) groups is 3. The molecule has 33 heavy (non-hydrogen) atoms. The molecule has 1 aliphatic rings. The number of carboxylic acids is 1. The maximum absolute atomic E-state index is 13.4. The summed E-state index contributed by atoms with van der Waals surface area (Å²) in [5, 5.41) is 21.8. The van der Waals surface area contributed by atoms with E-state index in [4.69, 9.17) is 5.73 Å². The molecular formula is C24H26N4O5. The number of nitrogens with one attached hydrogen (secondary N) is 2. The predicted octanol–water partition coefficient (Wildman–Crippen LogP) is 0.553. The second-order valence-corrected chi connectivity index (χ2v) is 8.21. The Morgan fingerprint density at radius 1 is 1.12 bits per heavy atom. The summed E-state index contributed by atoms with van der Waals surface area (Å²) < 4.78 is 0. The highest BCUT2D eigenvalue weighted by atomic mass is 16.4. The Kier molecular flexibility index (Phi) is 6.43. The van der Waals surface area contributed by atoms with Gasteiger partial charge in [0.2, 0.25) is 11.8 Å². The summed E-state index contributed by atoms with van der Waals surface area (Å²) in [7, 11) is 0. The first-order valence-corrected chi connectivity index (χ1v) is 10.7. The van der Waals surface area contributed by atoms with Crippen molar-refractivity contribution in [3.05, 3.63) is 71.4 Å². The number of H-pyrrole nitrogens is 1. The molecule has 4 rings (SSSR count). The molecule has 0 saturated carbocycles.